The quantitative estimate of drug-likeness (QED) is 0.660. The number of benzene rings is 1. The number of hydrogen-bond donors (Lipinski definition) is 0. The van der Waals surface area contributed by atoms with Crippen LogP contribution in [-0.4, -0.2) is 18.4 Å². The smallest absolute Gasteiger partial charge is 0.0332 e. The maximum Gasteiger partial charge on any atom is 0.0332 e. The van der Waals surface area contributed by atoms with E-state index >= 15 is 0 Å². The van der Waals surface area contributed by atoms with E-state index in [1.165, 1.54) is 11.1 Å². The second kappa shape index (κ2) is 4.53. The van der Waals surface area contributed by atoms with Crippen LogP contribution in [0.25, 0.3) is 0 Å². The number of hydrogen-bond acceptors (Lipinski definition) is 2. The van der Waals surface area contributed by atoms with Crippen molar-refractivity contribution in [1.82, 2.24) is 4.31 Å². The predicted molar refractivity (Wildman–Crippen MR) is 56.2 cm³/mol. The molecule has 1 rings (SSSR count). The SMILES string of the molecule is Cc1cccc(CSN(C)C)c1. The van der Waals surface area contributed by atoms with E-state index in [4.69, 9.17) is 0 Å². The predicted octanol–water partition coefficient (Wildman–Crippen LogP) is 2.70. The van der Waals surface area contributed by atoms with Gasteiger partial charge in [0.15, 0.2) is 0 Å². The summed E-state index contributed by atoms with van der Waals surface area (Å²) in [6.45, 7) is 2.13. The van der Waals surface area contributed by atoms with Crippen molar-refractivity contribution in [1.29, 1.82) is 0 Å². The second-order valence-electron chi connectivity index (χ2n) is 3.07. The van der Waals surface area contributed by atoms with Crippen molar-refractivity contribution in [3.05, 3.63) is 35.4 Å². The second-order valence-corrected chi connectivity index (χ2v) is 4.35. The maximum atomic E-state index is 2.23. The van der Waals surface area contributed by atoms with Crippen LogP contribution in [0.5, 0.6) is 0 Å². The van der Waals surface area contributed by atoms with Crippen LogP contribution >= 0.6 is 11.9 Å². The molecule has 0 saturated heterocycles. The average Bonchev–Trinajstić information content (AvgIpc) is 2.01. The molecular weight excluding hydrogens is 166 g/mol. The normalized spacial score (nSPS) is 10.7. The van der Waals surface area contributed by atoms with Crippen LogP contribution in [0, 0.1) is 6.92 Å². The topological polar surface area (TPSA) is 3.24 Å². The maximum absolute atomic E-state index is 2.23. The van der Waals surface area contributed by atoms with Crippen LogP contribution in [-0.2, 0) is 5.75 Å². The summed E-state index contributed by atoms with van der Waals surface area (Å²) in [5.74, 6) is 1.06. The fraction of sp³-hybridized carbons (Fsp3) is 0.400. The summed E-state index contributed by atoms with van der Waals surface area (Å²) in [5.41, 5.74) is 2.74. The molecule has 0 aliphatic heterocycles. The van der Waals surface area contributed by atoms with Crippen molar-refractivity contribution >= 4 is 11.9 Å². The molecule has 12 heavy (non-hydrogen) atoms. The van der Waals surface area contributed by atoms with Crippen molar-refractivity contribution in [3.63, 3.8) is 0 Å². The summed E-state index contributed by atoms with van der Waals surface area (Å²) < 4.78 is 2.13. The van der Waals surface area contributed by atoms with Crippen molar-refractivity contribution in [3.8, 4) is 0 Å². The lowest BCUT2D eigenvalue weighted by Crippen LogP contribution is -1.99. The van der Waals surface area contributed by atoms with E-state index in [9.17, 15) is 0 Å². The Bertz CT molecular complexity index is 245. The molecule has 0 aromatic heterocycles. The molecule has 0 heterocycles. The third-order valence-electron chi connectivity index (χ3n) is 1.57. The molecule has 0 saturated carbocycles. The first-order valence-electron chi connectivity index (χ1n) is 4.04. The Kier molecular flexibility index (Phi) is 3.63. The lowest BCUT2D eigenvalue weighted by atomic mass is 10.2. The standard InChI is InChI=1S/C10H15NS/c1-9-5-4-6-10(7-9)8-12-11(2)3/h4-7H,8H2,1-3H3. The van der Waals surface area contributed by atoms with Gasteiger partial charge in [0.2, 0.25) is 0 Å². The highest BCUT2D eigenvalue weighted by atomic mass is 32.2. The fourth-order valence-electron chi connectivity index (χ4n) is 1.01. The molecule has 0 atom stereocenters. The summed E-state index contributed by atoms with van der Waals surface area (Å²) >= 11 is 1.83. The van der Waals surface area contributed by atoms with E-state index in [2.05, 4.69) is 49.6 Å². The molecule has 2 heteroatoms. The minimum atomic E-state index is 1.06. The van der Waals surface area contributed by atoms with Crippen molar-refractivity contribution in [2.24, 2.45) is 0 Å². The summed E-state index contributed by atoms with van der Waals surface area (Å²) in [6, 6.07) is 8.64. The molecule has 0 bridgehead atoms. The van der Waals surface area contributed by atoms with Gasteiger partial charge in [0, 0.05) is 5.75 Å². The third kappa shape index (κ3) is 3.28. The first-order valence-corrected chi connectivity index (χ1v) is 4.98. The van der Waals surface area contributed by atoms with E-state index in [0.717, 1.165) is 5.75 Å². The minimum Gasteiger partial charge on any atom is -0.256 e. The Morgan fingerprint density at radius 2 is 2.08 bits per heavy atom. The number of rotatable bonds is 3. The van der Waals surface area contributed by atoms with Crippen LogP contribution in [0.4, 0.5) is 0 Å². The van der Waals surface area contributed by atoms with Gasteiger partial charge < -0.3 is 0 Å². The highest BCUT2D eigenvalue weighted by Gasteiger charge is 1.94. The molecule has 0 radical (unpaired) electrons. The van der Waals surface area contributed by atoms with Gasteiger partial charge in [0.05, 0.1) is 0 Å². The van der Waals surface area contributed by atoms with E-state index in [-0.39, 0.29) is 0 Å². The first kappa shape index (κ1) is 9.62. The monoisotopic (exact) mass is 181 g/mol. The van der Waals surface area contributed by atoms with E-state index in [1.54, 1.807) is 0 Å². The van der Waals surface area contributed by atoms with Crippen molar-refractivity contribution in [2.45, 2.75) is 12.7 Å². The van der Waals surface area contributed by atoms with Gasteiger partial charge in [-0.25, -0.2) is 0 Å². The van der Waals surface area contributed by atoms with Gasteiger partial charge in [-0.05, 0) is 26.6 Å². The Hall–Kier alpha value is -0.470. The first-order chi connectivity index (χ1) is 5.68. The van der Waals surface area contributed by atoms with E-state index < -0.39 is 0 Å². The Labute approximate surface area is 78.9 Å². The Morgan fingerprint density at radius 3 is 2.67 bits per heavy atom. The van der Waals surface area contributed by atoms with Gasteiger partial charge in [-0.3, -0.25) is 4.31 Å². The summed E-state index contributed by atoms with van der Waals surface area (Å²) in [4.78, 5) is 0. The van der Waals surface area contributed by atoms with Crippen LogP contribution in [0.3, 0.4) is 0 Å². The lowest BCUT2D eigenvalue weighted by molar-refractivity contribution is 0.702. The van der Waals surface area contributed by atoms with Gasteiger partial charge in [0.1, 0.15) is 0 Å². The van der Waals surface area contributed by atoms with Crippen LogP contribution in [0.2, 0.25) is 0 Å². The van der Waals surface area contributed by atoms with E-state index in [1.807, 2.05) is 11.9 Å². The van der Waals surface area contributed by atoms with Crippen LogP contribution in [0.1, 0.15) is 11.1 Å². The minimum absolute atomic E-state index is 1.06. The van der Waals surface area contributed by atoms with Gasteiger partial charge in [-0.15, -0.1) is 0 Å². The van der Waals surface area contributed by atoms with Crippen molar-refractivity contribution < 1.29 is 0 Å². The zero-order valence-electron chi connectivity index (χ0n) is 7.87. The molecular formula is C10H15NS. The van der Waals surface area contributed by atoms with Gasteiger partial charge >= 0.3 is 0 Å². The van der Waals surface area contributed by atoms with Gasteiger partial charge in [-0.2, -0.15) is 0 Å². The molecule has 0 amide bonds. The zero-order chi connectivity index (χ0) is 8.97. The third-order valence-corrected chi connectivity index (χ3v) is 2.55. The fourth-order valence-corrected chi connectivity index (χ4v) is 1.59. The number of aryl methyl sites for hydroxylation is 1. The largest absolute Gasteiger partial charge is 0.256 e. The summed E-state index contributed by atoms with van der Waals surface area (Å²) in [6.07, 6.45) is 0. The summed E-state index contributed by atoms with van der Waals surface area (Å²) in [7, 11) is 4.14. The highest BCUT2D eigenvalue weighted by molar-refractivity contribution is 7.96. The molecule has 66 valence electrons. The molecule has 0 N–H and O–H groups in total. The molecule has 1 nitrogen and oxygen atoms in total. The van der Waals surface area contributed by atoms with E-state index in [0.29, 0.717) is 0 Å². The molecule has 0 aliphatic rings. The lowest BCUT2D eigenvalue weighted by Gasteiger charge is -2.08. The van der Waals surface area contributed by atoms with Gasteiger partial charge in [-0.1, -0.05) is 41.8 Å². The molecule has 0 unspecified atom stereocenters. The molecule has 0 aliphatic carbocycles. The molecule has 1 aromatic carbocycles. The Morgan fingerprint density at radius 1 is 1.33 bits per heavy atom. The van der Waals surface area contributed by atoms with Gasteiger partial charge in [0.25, 0.3) is 0 Å². The summed E-state index contributed by atoms with van der Waals surface area (Å²) in [5, 5.41) is 0. The Balaban J connectivity index is 2.52. The van der Waals surface area contributed by atoms with Crippen molar-refractivity contribution in [2.75, 3.05) is 14.1 Å². The molecule has 0 spiro atoms. The highest BCUT2D eigenvalue weighted by Crippen LogP contribution is 2.14. The molecule has 1 aromatic rings. The van der Waals surface area contributed by atoms with Crippen LogP contribution < -0.4 is 0 Å². The average molecular weight is 181 g/mol. The zero-order valence-corrected chi connectivity index (χ0v) is 8.69. The number of nitrogens with zero attached hydrogens (tertiary/aromatic N) is 1. The molecule has 0 fully saturated rings. The van der Waals surface area contributed by atoms with Crippen LogP contribution in [0.15, 0.2) is 24.3 Å².